The van der Waals surface area contributed by atoms with Gasteiger partial charge in [-0.05, 0) is 50.7 Å². The van der Waals surface area contributed by atoms with Crippen molar-refractivity contribution in [3.63, 3.8) is 0 Å². The summed E-state index contributed by atoms with van der Waals surface area (Å²) >= 11 is 0. The average molecular weight is 453 g/mol. The number of aromatic nitrogens is 4. The third-order valence-electron chi connectivity index (χ3n) is 7.44. The molecule has 2 aromatic heterocycles. The lowest BCUT2D eigenvalue weighted by Gasteiger charge is -2.34. The predicted octanol–water partition coefficient (Wildman–Crippen LogP) is 4.57. The summed E-state index contributed by atoms with van der Waals surface area (Å²) in [5.74, 6) is 2.92. The van der Waals surface area contributed by atoms with Gasteiger partial charge in [0.1, 0.15) is 11.6 Å². The van der Waals surface area contributed by atoms with E-state index in [2.05, 4.69) is 56.8 Å². The highest BCUT2D eigenvalue weighted by atomic mass is 16.1. The zero-order valence-corrected chi connectivity index (χ0v) is 20.5. The normalized spacial score (nSPS) is 19.6. The molecule has 1 N–H and O–H groups in total. The maximum absolute atomic E-state index is 13.0. The molecular weight excluding hydrogens is 412 g/mol. The summed E-state index contributed by atoms with van der Waals surface area (Å²) in [5, 5.41) is 12.1. The van der Waals surface area contributed by atoms with E-state index in [1.165, 1.54) is 19.3 Å². The fraction of sp³-hybridized carbons (Fsp3) is 0.692. The Kier molecular flexibility index (Phi) is 8.12. The van der Waals surface area contributed by atoms with Gasteiger partial charge in [-0.1, -0.05) is 39.2 Å². The van der Waals surface area contributed by atoms with Crippen molar-refractivity contribution in [1.82, 2.24) is 30.0 Å². The second kappa shape index (κ2) is 11.2. The number of nitrogens with zero attached hydrogens (tertiary/aromatic N) is 5. The number of carbonyl (C=O) groups is 1. The number of carbonyl (C=O) groups excluding carboxylic acids is 1. The number of hydrogen-bond donors (Lipinski definition) is 1. The van der Waals surface area contributed by atoms with Crippen molar-refractivity contribution >= 4 is 5.91 Å². The number of pyridine rings is 1. The molecule has 0 aromatic carbocycles. The van der Waals surface area contributed by atoms with Crippen LogP contribution in [0.2, 0.25) is 0 Å². The molecule has 1 atom stereocenters. The van der Waals surface area contributed by atoms with Crippen LogP contribution in [0.5, 0.6) is 0 Å². The minimum absolute atomic E-state index is 0.0264. The summed E-state index contributed by atoms with van der Waals surface area (Å²) in [5.41, 5.74) is 1.11. The van der Waals surface area contributed by atoms with Crippen LogP contribution in [0.15, 0.2) is 24.5 Å². The van der Waals surface area contributed by atoms with E-state index < -0.39 is 0 Å². The van der Waals surface area contributed by atoms with Crippen molar-refractivity contribution < 1.29 is 4.79 Å². The number of amides is 1. The number of hydrogen-bond acceptors (Lipinski definition) is 5. The first-order valence-corrected chi connectivity index (χ1v) is 12.9. The van der Waals surface area contributed by atoms with E-state index in [1.807, 2.05) is 12.3 Å². The second-order valence-corrected chi connectivity index (χ2v) is 10.2. The predicted molar refractivity (Wildman–Crippen MR) is 130 cm³/mol. The SMILES string of the molecule is Cc1nnc(C(C)C)n1C1CCN(CC[C@H](NC(=O)C2CCCCC2)c2cccnc2)CC1. The van der Waals surface area contributed by atoms with Crippen LogP contribution in [0.25, 0.3) is 0 Å². The number of rotatable bonds is 8. The Bertz CT molecular complexity index is 881. The van der Waals surface area contributed by atoms with Gasteiger partial charge in [0.2, 0.25) is 5.91 Å². The third kappa shape index (κ3) is 5.99. The highest BCUT2D eigenvalue weighted by molar-refractivity contribution is 5.79. The van der Waals surface area contributed by atoms with Gasteiger partial charge >= 0.3 is 0 Å². The fourth-order valence-electron chi connectivity index (χ4n) is 5.50. The number of likely N-dealkylation sites (tertiary alicyclic amines) is 1. The highest BCUT2D eigenvalue weighted by Crippen LogP contribution is 2.29. The first-order chi connectivity index (χ1) is 16.0. The molecule has 1 saturated carbocycles. The van der Waals surface area contributed by atoms with Gasteiger partial charge in [0, 0.05) is 49.9 Å². The summed E-state index contributed by atoms with van der Waals surface area (Å²) in [6, 6.07) is 4.56. The molecule has 1 saturated heterocycles. The van der Waals surface area contributed by atoms with E-state index in [9.17, 15) is 4.79 Å². The van der Waals surface area contributed by atoms with Crippen molar-refractivity contribution in [3.8, 4) is 0 Å². The minimum Gasteiger partial charge on any atom is -0.349 e. The minimum atomic E-state index is 0.0264. The van der Waals surface area contributed by atoms with Crippen molar-refractivity contribution in [3.05, 3.63) is 41.7 Å². The molecule has 7 nitrogen and oxygen atoms in total. The van der Waals surface area contributed by atoms with Crippen LogP contribution >= 0.6 is 0 Å². The molecule has 3 heterocycles. The summed E-state index contributed by atoms with van der Waals surface area (Å²) < 4.78 is 2.37. The molecule has 1 amide bonds. The molecule has 1 aliphatic heterocycles. The molecule has 4 rings (SSSR count). The lowest BCUT2D eigenvalue weighted by atomic mass is 9.88. The van der Waals surface area contributed by atoms with Gasteiger partial charge in [0.15, 0.2) is 0 Å². The monoisotopic (exact) mass is 452 g/mol. The first kappa shape index (κ1) is 23.9. The topological polar surface area (TPSA) is 75.9 Å². The number of nitrogens with one attached hydrogen (secondary N) is 1. The molecule has 0 unspecified atom stereocenters. The summed E-state index contributed by atoms with van der Waals surface area (Å²) in [6.07, 6.45) is 12.5. The molecule has 0 spiro atoms. The number of piperidine rings is 1. The molecule has 0 radical (unpaired) electrons. The van der Waals surface area contributed by atoms with Gasteiger partial charge in [-0.3, -0.25) is 9.78 Å². The van der Waals surface area contributed by atoms with Gasteiger partial charge in [-0.15, -0.1) is 10.2 Å². The van der Waals surface area contributed by atoms with Crippen molar-refractivity contribution in [1.29, 1.82) is 0 Å². The Balaban J connectivity index is 1.34. The quantitative estimate of drug-likeness (QED) is 0.635. The van der Waals surface area contributed by atoms with Crippen LogP contribution in [0.1, 0.15) is 100 Å². The maximum atomic E-state index is 13.0. The Hall–Kier alpha value is -2.28. The smallest absolute Gasteiger partial charge is 0.223 e. The average Bonchev–Trinajstić information content (AvgIpc) is 3.24. The molecule has 2 aliphatic rings. The summed E-state index contributed by atoms with van der Waals surface area (Å²) in [6.45, 7) is 9.56. The van der Waals surface area contributed by atoms with Crippen LogP contribution in [0.3, 0.4) is 0 Å². The van der Waals surface area contributed by atoms with Crippen LogP contribution in [0, 0.1) is 12.8 Å². The zero-order valence-electron chi connectivity index (χ0n) is 20.5. The van der Waals surface area contributed by atoms with E-state index in [4.69, 9.17) is 0 Å². The summed E-state index contributed by atoms with van der Waals surface area (Å²) in [4.78, 5) is 19.8. The van der Waals surface area contributed by atoms with E-state index in [-0.39, 0.29) is 17.9 Å². The highest BCUT2D eigenvalue weighted by Gasteiger charge is 2.27. The van der Waals surface area contributed by atoms with Crippen molar-refractivity contribution in [2.45, 2.75) is 90.1 Å². The maximum Gasteiger partial charge on any atom is 0.223 e. The molecular formula is C26H40N6O. The molecule has 180 valence electrons. The van der Waals surface area contributed by atoms with Crippen molar-refractivity contribution in [2.24, 2.45) is 5.92 Å². The van der Waals surface area contributed by atoms with E-state index in [1.54, 1.807) is 6.20 Å². The van der Waals surface area contributed by atoms with E-state index in [0.717, 1.165) is 69.0 Å². The molecule has 0 bridgehead atoms. The molecule has 33 heavy (non-hydrogen) atoms. The zero-order chi connectivity index (χ0) is 23.2. The van der Waals surface area contributed by atoms with E-state index in [0.29, 0.717) is 12.0 Å². The Morgan fingerprint density at radius 3 is 2.55 bits per heavy atom. The van der Waals surface area contributed by atoms with Crippen LogP contribution < -0.4 is 5.32 Å². The lowest BCUT2D eigenvalue weighted by molar-refractivity contribution is -0.126. The second-order valence-electron chi connectivity index (χ2n) is 10.2. The Morgan fingerprint density at radius 1 is 1.12 bits per heavy atom. The Labute approximate surface area is 198 Å². The third-order valence-corrected chi connectivity index (χ3v) is 7.44. The molecule has 7 heteroatoms. The van der Waals surface area contributed by atoms with Crippen LogP contribution in [-0.2, 0) is 4.79 Å². The van der Waals surface area contributed by atoms with Gasteiger partial charge in [-0.25, -0.2) is 0 Å². The Morgan fingerprint density at radius 2 is 1.88 bits per heavy atom. The van der Waals surface area contributed by atoms with Gasteiger partial charge in [-0.2, -0.15) is 0 Å². The van der Waals surface area contributed by atoms with Crippen molar-refractivity contribution in [2.75, 3.05) is 19.6 Å². The molecule has 1 aliphatic carbocycles. The fourth-order valence-corrected chi connectivity index (χ4v) is 5.50. The van der Waals surface area contributed by atoms with E-state index >= 15 is 0 Å². The van der Waals surface area contributed by atoms with Crippen LogP contribution in [0.4, 0.5) is 0 Å². The van der Waals surface area contributed by atoms with Gasteiger partial charge in [0.25, 0.3) is 0 Å². The van der Waals surface area contributed by atoms with Crippen LogP contribution in [-0.4, -0.2) is 50.2 Å². The summed E-state index contributed by atoms with van der Waals surface area (Å²) in [7, 11) is 0. The molecule has 2 fully saturated rings. The molecule has 2 aromatic rings. The van der Waals surface area contributed by atoms with Gasteiger partial charge < -0.3 is 14.8 Å². The first-order valence-electron chi connectivity index (χ1n) is 12.9. The standard InChI is InChI=1S/C26H40N6O/c1-19(2)25-30-29-20(3)32(25)23-11-15-31(16-12-23)17-13-24(22-10-7-14-27-18-22)28-26(33)21-8-5-4-6-9-21/h7,10,14,18-19,21,23-24H,4-6,8-9,11-13,15-17H2,1-3H3,(H,28,33)/t24-/m0/s1. The number of aryl methyl sites for hydroxylation is 1. The lowest BCUT2D eigenvalue weighted by Crippen LogP contribution is -2.39. The largest absolute Gasteiger partial charge is 0.349 e. The van der Waals surface area contributed by atoms with Gasteiger partial charge in [0.05, 0.1) is 6.04 Å².